The highest BCUT2D eigenvalue weighted by molar-refractivity contribution is 7.61. The first-order valence-electron chi connectivity index (χ1n) is 11.5. The minimum Gasteiger partial charge on any atom is -0.487 e. The summed E-state index contributed by atoms with van der Waals surface area (Å²) >= 11 is 13.2. The van der Waals surface area contributed by atoms with E-state index in [-0.39, 0.29) is 11.6 Å². The number of para-hydroxylation sites is 1. The number of anilines is 1. The van der Waals surface area contributed by atoms with E-state index in [1.54, 1.807) is 18.2 Å². The quantitative estimate of drug-likeness (QED) is 0.241. The maximum Gasteiger partial charge on any atom is 0.312 e. The summed E-state index contributed by atoms with van der Waals surface area (Å²) in [6.45, 7) is 1.92. The van der Waals surface area contributed by atoms with Crippen LogP contribution in [0.3, 0.4) is 0 Å². The highest BCUT2D eigenvalue weighted by atomic mass is 35.5. The van der Waals surface area contributed by atoms with E-state index in [4.69, 9.17) is 27.9 Å². The second-order valence-corrected chi connectivity index (χ2v) is 9.79. The summed E-state index contributed by atoms with van der Waals surface area (Å²) < 4.78 is 32.3. The Morgan fingerprint density at radius 3 is 2.55 bits per heavy atom. The lowest BCUT2D eigenvalue weighted by Gasteiger charge is -2.22. The summed E-state index contributed by atoms with van der Waals surface area (Å²) in [4.78, 5) is 19.1. The van der Waals surface area contributed by atoms with Crippen molar-refractivity contribution in [3.8, 4) is 5.75 Å². The van der Waals surface area contributed by atoms with Crippen molar-refractivity contribution in [3.63, 3.8) is 0 Å². The van der Waals surface area contributed by atoms with Crippen LogP contribution in [0, 0.1) is 6.92 Å². The highest BCUT2D eigenvalue weighted by Crippen LogP contribution is 2.35. The molecule has 0 aliphatic rings. The number of pyridine rings is 1. The van der Waals surface area contributed by atoms with Gasteiger partial charge in [-0.1, -0.05) is 77.8 Å². The maximum absolute atomic E-state index is 13.3. The summed E-state index contributed by atoms with van der Waals surface area (Å²) in [5.41, 5.74) is 3.16. The predicted octanol–water partition coefficient (Wildman–Crippen LogP) is 6.54. The van der Waals surface area contributed by atoms with E-state index in [0.29, 0.717) is 27.5 Å². The van der Waals surface area contributed by atoms with Gasteiger partial charge in [-0.25, -0.2) is 4.98 Å². The predicted molar refractivity (Wildman–Crippen MR) is 151 cm³/mol. The molecule has 1 heterocycles. The van der Waals surface area contributed by atoms with Gasteiger partial charge >= 0.3 is 10.5 Å². The molecular formula is C28H23Cl2N3O4S. The molecule has 0 fully saturated rings. The molecule has 1 aromatic heterocycles. The molecule has 10 heteroatoms. The number of aryl methyl sites for hydroxylation is 1. The van der Waals surface area contributed by atoms with Gasteiger partial charge in [0.1, 0.15) is 17.9 Å². The SMILES string of the molecule is Cc1ccc2cccc(OCc3c(Cl)ccc(N(C)C(=O)C(C=Cc4ccccc4)N=S(=O)=O)c3Cl)c2n1. The zero-order valence-corrected chi connectivity index (χ0v) is 22.8. The standard InChI is InChI=1S/C28H23Cl2N3O4S/c1-18-11-13-20-9-6-10-25(27(20)31-18)37-17-21-22(29)14-16-24(26(21)30)33(2)28(34)23(32-38(35)36)15-12-19-7-4-3-5-8-19/h3-16,23H,17H2,1-2H3. The summed E-state index contributed by atoms with van der Waals surface area (Å²) in [7, 11) is -1.31. The normalized spacial score (nSPS) is 11.9. The van der Waals surface area contributed by atoms with E-state index in [1.807, 2.05) is 67.6 Å². The van der Waals surface area contributed by atoms with E-state index in [1.165, 1.54) is 18.0 Å². The molecule has 38 heavy (non-hydrogen) atoms. The Morgan fingerprint density at radius 2 is 1.82 bits per heavy atom. The lowest BCUT2D eigenvalue weighted by atomic mass is 10.1. The summed E-state index contributed by atoms with van der Waals surface area (Å²) in [6, 6.07) is 20.6. The van der Waals surface area contributed by atoms with Crippen molar-refractivity contribution in [1.82, 2.24) is 4.98 Å². The maximum atomic E-state index is 13.3. The third kappa shape index (κ3) is 6.39. The molecule has 0 saturated carbocycles. The number of benzene rings is 3. The second-order valence-electron chi connectivity index (χ2n) is 8.36. The minimum atomic E-state index is -2.80. The molecule has 0 spiro atoms. The van der Waals surface area contributed by atoms with Gasteiger partial charge in [0, 0.05) is 28.7 Å². The summed E-state index contributed by atoms with van der Waals surface area (Å²) in [5, 5.41) is 1.49. The molecule has 1 unspecified atom stereocenters. The first kappa shape index (κ1) is 27.3. The molecule has 3 aromatic carbocycles. The molecule has 0 saturated heterocycles. The second kappa shape index (κ2) is 12.2. The molecule has 194 valence electrons. The van der Waals surface area contributed by atoms with Crippen molar-refractivity contribution in [1.29, 1.82) is 0 Å². The van der Waals surface area contributed by atoms with Gasteiger partial charge in [-0.05, 0) is 42.8 Å². The average molecular weight is 568 g/mol. The van der Waals surface area contributed by atoms with Crippen LogP contribution in [-0.2, 0) is 21.9 Å². The van der Waals surface area contributed by atoms with Gasteiger partial charge < -0.3 is 9.64 Å². The van der Waals surface area contributed by atoms with Crippen LogP contribution in [-0.4, -0.2) is 32.4 Å². The fourth-order valence-corrected chi connectivity index (χ4v) is 4.75. The van der Waals surface area contributed by atoms with Crippen LogP contribution in [0.4, 0.5) is 5.69 Å². The number of carbonyl (C=O) groups excluding carboxylic acids is 1. The van der Waals surface area contributed by atoms with Crippen LogP contribution >= 0.6 is 23.2 Å². The van der Waals surface area contributed by atoms with Crippen LogP contribution < -0.4 is 9.64 Å². The van der Waals surface area contributed by atoms with Crippen molar-refractivity contribution >= 4 is 62.3 Å². The molecule has 1 amide bonds. The number of ether oxygens (including phenoxy) is 1. The fourth-order valence-electron chi connectivity index (χ4n) is 3.80. The lowest BCUT2D eigenvalue weighted by molar-refractivity contribution is -0.118. The van der Waals surface area contributed by atoms with Crippen LogP contribution in [0.5, 0.6) is 5.75 Å². The number of halogens is 2. The number of hydrogen-bond donors (Lipinski definition) is 0. The Kier molecular flexibility index (Phi) is 8.78. The van der Waals surface area contributed by atoms with Gasteiger partial charge in [0.25, 0.3) is 5.91 Å². The first-order valence-corrected chi connectivity index (χ1v) is 13.3. The third-order valence-electron chi connectivity index (χ3n) is 5.78. The van der Waals surface area contributed by atoms with Crippen molar-refractivity contribution in [2.45, 2.75) is 19.6 Å². The monoisotopic (exact) mass is 567 g/mol. The number of nitrogens with zero attached hydrogens (tertiary/aromatic N) is 3. The molecule has 4 rings (SSSR count). The van der Waals surface area contributed by atoms with Crippen molar-refractivity contribution in [2.24, 2.45) is 4.36 Å². The van der Waals surface area contributed by atoms with Gasteiger partial charge in [-0.15, -0.1) is 0 Å². The van der Waals surface area contributed by atoms with Crippen LogP contribution in [0.1, 0.15) is 16.8 Å². The average Bonchev–Trinajstić information content (AvgIpc) is 2.90. The number of rotatable bonds is 8. The molecule has 0 aliphatic carbocycles. The number of carbonyl (C=O) groups is 1. The number of fused-ring (bicyclic) bond motifs is 1. The molecule has 0 N–H and O–H groups in total. The Balaban J connectivity index is 1.61. The van der Waals surface area contributed by atoms with Crippen LogP contribution in [0.25, 0.3) is 17.0 Å². The zero-order chi connectivity index (χ0) is 27.2. The van der Waals surface area contributed by atoms with E-state index >= 15 is 0 Å². The number of amides is 1. The Morgan fingerprint density at radius 1 is 1.05 bits per heavy atom. The molecular weight excluding hydrogens is 545 g/mol. The molecule has 0 aliphatic heterocycles. The van der Waals surface area contributed by atoms with E-state index < -0.39 is 22.4 Å². The topological polar surface area (TPSA) is 88.9 Å². The van der Waals surface area contributed by atoms with E-state index in [9.17, 15) is 13.2 Å². The fraction of sp³-hybridized carbons (Fsp3) is 0.143. The molecule has 7 nitrogen and oxygen atoms in total. The van der Waals surface area contributed by atoms with E-state index in [0.717, 1.165) is 16.6 Å². The smallest absolute Gasteiger partial charge is 0.312 e. The summed E-state index contributed by atoms with van der Waals surface area (Å²) in [5.74, 6) is -0.0257. The van der Waals surface area contributed by atoms with E-state index in [2.05, 4.69) is 9.35 Å². The molecule has 4 aromatic rings. The lowest BCUT2D eigenvalue weighted by Crippen LogP contribution is -2.34. The summed E-state index contributed by atoms with van der Waals surface area (Å²) in [6.07, 6.45) is 3.06. The highest BCUT2D eigenvalue weighted by Gasteiger charge is 2.24. The van der Waals surface area contributed by atoms with Crippen molar-refractivity contribution in [2.75, 3.05) is 11.9 Å². The first-order chi connectivity index (χ1) is 18.2. The number of likely N-dealkylation sites (N-methyl/N-ethyl adjacent to an activating group) is 1. The molecule has 0 bridgehead atoms. The minimum absolute atomic E-state index is 0.0224. The van der Waals surface area contributed by atoms with Crippen LogP contribution in [0.2, 0.25) is 10.0 Å². The third-order valence-corrected chi connectivity index (χ3v) is 6.95. The van der Waals surface area contributed by atoms with Crippen molar-refractivity contribution in [3.05, 3.63) is 106 Å². The van der Waals surface area contributed by atoms with Gasteiger partial charge in [0.15, 0.2) is 6.04 Å². The van der Waals surface area contributed by atoms with Gasteiger partial charge in [-0.3, -0.25) is 4.79 Å². The van der Waals surface area contributed by atoms with Gasteiger partial charge in [-0.2, -0.15) is 12.8 Å². The van der Waals surface area contributed by atoms with Gasteiger partial charge in [0.05, 0.1) is 10.7 Å². The van der Waals surface area contributed by atoms with Crippen LogP contribution in [0.15, 0.2) is 83.2 Å². The Labute approximate surface area is 232 Å². The number of aromatic nitrogens is 1. The Hall–Kier alpha value is -3.72. The Bertz CT molecular complexity index is 1650. The zero-order valence-electron chi connectivity index (χ0n) is 20.5. The molecule has 1 atom stereocenters. The molecule has 0 radical (unpaired) electrons. The number of hydrogen-bond acceptors (Lipinski definition) is 6. The van der Waals surface area contributed by atoms with Gasteiger partial charge in [0.2, 0.25) is 0 Å². The largest absolute Gasteiger partial charge is 0.487 e. The van der Waals surface area contributed by atoms with Crippen molar-refractivity contribution < 1.29 is 17.9 Å².